The highest BCUT2D eigenvalue weighted by atomic mass is 32.2. The van der Waals surface area contributed by atoms with Gasteiger partial charge in [0, 0.05) is 23.1 Å². The maximum Gasteiger partial charge on any atom is 0.0201 e. The van der Waals surface area contributed by atoms with Crippen LogP contribution in [0.3, 0.4) is 0 Å². The van der Waals surface area contributed by atoms with E-state index in [4.69, 9.17) is 0 Å². The zero-order valence-corrected chi connectivity index (χ0v) is 7.99. The van der Waals surface area contributed by atoms with Gasteiger partial charge in [0.05, 0.1) is 0 Å². The third-order valence-corrected chi connectivity index (χ3v) is 4.49. The summed E-state index contributed by atoms with van der Waals surface area (Å²) in [7, 11) is 0. The number of hydrogen-bond donors (Lipinski definition) is 1. The van der Waals surface area contributed by atoms with Crippen molar-refractivity contribution in [1.29, 1.82) is 0 Å². The van der Waals surface area contributed by atoms with E-state index in [1.165, 1.54) is 31.4 Å². The Morgan fingerprint density at radius 2 is 2.36 bits per heavy atom. The Bertz CT molecular complexity index is 138. The molecule has 64 valence electrons. The maximum absolute atomic E-state index is 3.74. The first-order valence-corrected chi connectivity index (χ1v) is 5.82. The lowest BCUT2D eigenvalue weighted by atomic mass is 10.2. The molecular formula is C9H17NS. The van der Waals surface area contributed by atoms with E-state index in [-0.39, 0.29) is 0 Å². The summed E-state index contributed by atoms with van der Waals surface area (Å²) in [6, 6.07) is 1.66. The molecule has 0 aromatic rings. The molecule has 0 aromatic heterocycles. The normalized spacial score (nSPS) is 43.9. The van der Waals surface area contributed by atoms with Gasteiger partial charge in [-0.15, -0.1) is 0 Å². The predicted octanol–water partition coefficient (Wildman–Crippen LogP) is 2.02. The average molecular weight is 171 g/mol. The monoisotopic (exact) mass is 171 g/mol. The van der Waals surface area contributed by atoms with E-state index >= 15 is 0 Å². The van der Waals surface area contributed by atoms with Crippen LogP contribution in [0.25, 0.3) is 0 Å². The summed E-state index contributed by atoms with van der Waals surface area (Å²) in [5.41, 5.74) is 0. The molecule has 2 fully saturated rings. The molecule has 0 bridgehead atoms. The molecule has 2 aliphatic rings. The zero-order chi connectivity index (χ0) is 7.68. The van der Waals surface area contributed by atoms with Crippen LogP contribution >= 0.6 is 11.8 Å². The van der Waals surface area contributed by atoms with E-state index in [2.05, 4.69) is 24.0 Å². The van der Waals surface area contributed by atoms with Crippen LogP contribution in [0, 0.1) is 0 Å². The van der Waals surface area contributed by atoms with Gasteiger partial charge in [0.1, 0.15) is 0 Å². The first kappa shape index (κ1) is 7.93. The molecular weight excluding hydrogens is 154 g/mol. The molecule has 1 nitrogen and oxygen atoms in total. The van der Waals surface area contributed by atoms with Gasteiger partial charge >= 0.3 is 0 Å². The van der Waals surface area contributed by atoms with Crippen molar-refractivity contribution < 1.29 is 0 Å². The number of nitrogens with one attached hydrogen (secondary N) is 1. The van der Waals surface area contributed by atoms with Crippen LogP contribution in [0.1, 0.15) is 32.6 Å². The van der Waals surface area contributed by atoms with Crippen molar-refractivity contribution in [1.82, 2.24) is 5.32 Å². The molecule has 0 spiro atoms. The lowest BCUT2D eigenvalue weighted by molar-refractivity contribution is 0.437. The van der Waals surface area contributed by atoms with Crippen molar-refractivity contribution in [2.75, 3.05) is 5.75 Å². The fourth-order valence-electron chi connectivity index (χ4n) is 2.14. The average Bonchev–Trinajstić information content (AvgIpc) is 2.50. The molecule has 3 unspecified atom stereocenters. The summed E-state index contributed by atoms with van der Waals surface area (Å²) in [6.45, 7) is 2.29. The van der Waals surface area contributed by atoms with Gasteiger partial charge in [-0.3, -0.25) is 0 Å². The van der Waals surface area contributed by atoms with Crippen molar-refractivity contribution in [3.8, 4) is 0 Å². The molecule has 2 rings (SSSR count). The molecule has 1 heterocycles. The van der Waals surface area contributed by atoms with E-state index in [0.29, 0.717) is 0 Å². The van der Waals surface area contributed by atoms with Crippen LogP contribution in [-0.2, 0) is 0 Å². The molecule has 1 N–H and O–H groups in total. The topological polar surface area (TPSA) is 12.0 Å². The van der Waals surface area contributed by atoms with Gasteiger partial charge in [0.25, 0.3) is 0 Å². The van der Waals surface area contributed by atoms with Gasteiger partial charge in [-0.2, -0.15) is 11.8 Å². The van der Waals surface area contributed by atoms with Gasteiger partial charge in [-0.05, 0) is 19.3 Å². The zero-order valence-electron chi connectivity index (χ0n) is 7.18. The Labute approximate surface area is 73.3 Å². The summed E-state index contributed by atoms with van der Waals surface area (Å²) in [5.74, 6) is 1.34. The predicted molar refractivity (Wildman–Crippen MR) is 51.1 cm³/mol. The summed E-state index contributed by atoms with van der Waals surface area (Å²) in [4.78, 5) is 0. The molecule has 2 heteroatoms. The number of thioether (sulfide) groups is 1. The van der Waals surface area contributed by atoms with E-state index in [9.17, 15) is 0 Å². The summed E-state index contributed by atoms with van der Waals surface area (Å²) >= 11 is 2.20. The SMILES string of the molecule is CCC1CSC2CCCC2N1. The fraction of sp³-hybridized carbons (Fsp3) is 1.00. The Morgan fingerprint density at radius 3 is 3.18 bits per heavy atom. The van der Waals surface area contributed by atoms with Gasteiger partial charge in [-0.1, -0.05) is 13.3 Å². The Hall–Kier alpha value is 0.310. The Balaban J connectivity index is 1.91. The number of hydrogen-bond acceptors (Lipinski definition) is 2. The van der Waals surface area contributed by atoms with Crippen LogP contribution < -0.4 is 5.32 Å². The van der Waals surface area contributed by atoms with Gasteiger partial charge < -0.3 is 5.32 Å². The first-order valence-electron chi connectivity index (χ1n) is 4.78. The first-order chi connectivity index (χ1) is 5.40. The number of rotatable bonds is 1. The lowest BCUT2D eigenvalue weighted by Gasteiger charge is -2.32. The maximum atomic E-state index is 3.74. The van der Waals surface area contributed by atoms with Gasteiger partial charge in [0.15, 0.2) is 0 Å². The largest absolute Gasteiger partial charge is 0.309 e. The van der Waals surface area contributed by atoms with Crippen LogP contribution in [-0.4, -0.2) is 23.1 Å². The van der Waals surface area contributed by atoms with Crippen molar-refractivity contribution in [3.05, 3.63) is 0 Å². The highest BCUT2D eigenvalue weighted by Gasteiger charge is 2.32. The molecule has 11 heavy (non-hydrogen) atoms. The Kier molecular flexibility index (Phi) is 2.42. The van der Waals surface area contributed by atoms with Gasteiger partial charge in [0.2, 0.25) is 0 Å². The fourth-order valence-corrected chi connectivity index (χ4v) is 3.73. The van der Waals surface area contributed by atoms with E-state index in [0.717, 1.165) is 17.3 Å². The van der Waals surface area contributed by atoms with Gasteiger partial charge in [-0.25, -0.2) is 0 Å². The minimum absolute atomic E-state index is 0.805. The standard InChI is InChI=1S/C9H17NS/c1-2-7-6-11-9-5-3-4-8(9)10-7/h7-10H,2-6H2,1H3. The van der Waals surface area contributed by atoms with E-state index in [1.807, 2.05) is 0 Å². The number of fused-ring (bicyclic) bond motifs is 1. The third kappa shape index (κ3) is 1.57. The molecule has 3 atom stereocenters. The van der Waals surface area contributed by atoms with Crippen LogP contribution in [0.2, 0.25) is 0 Å². The minimum Gasteiger partial charge on any atom is -0.309 e. The second-order valence-electron chi connectivity index (χ2n) is 3.68. The van der Waals surface area contributed by atoms with Crippen molar-refractivity contribution in [3.63, 3.8) is 0 Å². The molecule has 0 aromatic carbocycles. The third-order valence-electron chi connectivity index (χ3n) is 2.91. The smallest absolute Gasteiger partial charge is 0.0201 e. The quantitative estimate of drug-likeness (QED) is 0.648. The van der Waals surface area contributed by atoms with Crippen molar-refractivity contribution >= 4 is 11.8 Å². The van der Waals surface area contributed by atoms with Crippen LogP contribution in [0.5, 0.6) is 0 Å². The molecule has 1 aliphatic carbocycles. The second-order valence-corrected chi connectivity index (χ2v) is 4.95. The van der Waals surface area contributed by atoms with E-state index in [1.54, 1.807) is 0 Å². The summed E-state index contributed by atoms with van der Waals surface area (Å²) < 4.78 is 0. The molecule has 1 saturated carbocycles. The second kappa shape index (κ2) is 3.36. The Morgan fingerprint density at radius 1 is 1.45 bits per heavy atom. The molecule has 1 saturated heterocycles. The van der Waals surface area contributed by atoms with Crippen molar-refractivity contribution in [2.45, 2.75) is 49.9 Å². The van der Waals surface area contributed by atoms with Crippen LogP contribution in [0.4, 0.5) is 0 Å². The summed E-state index contributed by atoms with van der Waals surface area (Å²) in [6.07, 6.45) is 5.63. The van der Waals surface area contributed by atoms with E-state index < -0.39 is 0 Å². The molecule has 0 amide bonds. The summed E-state index contributed by atoms with van der Waals surface area (Å²) in [5, 5.41) is 4.70. The molecule has 0 radical (unpaired) electrons. The lowest BCUT2D eigenvalue weighted by Crippen LogP contribution is -2.47. The molecule has 1 aliphatic heterocycles. The highest BCUT2D eigenvalue weighted by molar-refractivity contribution is 8.00. The van der Waals surface area contributed by atoms with Crippen molar-refractivity contribution in [2.24, 2.45) is 0 Å². The van der Waals surface area contributed by atoms with Crippen LogP contribution in [0.15, 0.2) is 0 Å². The minimum atomic E-state index is 0.805. The highest BCUT2D eigenvalue weighted by Crippen LogP contribution is 2.34.